The summed E-state index contributed by atoms with van der Waals surface area (Å²) in [6.07, 6.45) is 0. The molecule has 2 aromatic carbocycles. The molecule has 0 aliphatic carbocycles. The van der Waals surface area contributed by atoms with Gasteiger partial charge < -0.3 is 9.32 Å². The lowest BCUT2D eigenvalue weighted by Gasteiger charge is -2.35. The van der Waals surface area contributed by atoms with E-state index in [-0.39, 0.29) is 11.5 Å². The maximum atomic E-state index is 14.0. The van der Waals surface area contributed by atoms with E-state index in [1.807, 2.05) is 17.0 Å². The van der Waals surface area contributed by atoms with E-state index in [0.717, 1.165) is 31.9 Å². The molecule has 0 bridgehead atoms. The van der Waals surface area contributed by atoms with E-state index < -0.39 is 4.92 Å². The Morgan fingerprint density at radius 2 is 1.68 bits per heavy atom. The summed E-state index contributed by atoms with van der Waals surface area (Å²) in [6.45, 7) is 3.66. The molecule has 0 atom stereocenters. The maximum Gasteiger partial charge on any atom is 0.280 e. The fourth-order valence-electron chi connectivity index (χ4n) is 3.52. The van der Waals surface area contributed by atoms with Gasteiger partial charge in [0.25, 0.3) is 5.69 Å². The average molecular weight is 381 g/mol. The number of benzene rings is 2. The highest BCUT2D eigenvalue weighted by Crippen LogP contribution is 2.31. The molecule has 3 aromatic rings. The molecule has 0 amide bonds. The van der Waals surface area contributed by atoms with Gasteiger partial charge >= 0.3 is 0 Å². The third-order valence-corrected chi connectivity index (χ3v) is 4.97. The molecule has 0 saturated carbocycles. The Balaban J connectivity index is 1.41. The van der Waals surface area contributed by atoms with Crippen molar-refractivity contribution in [1.29, 1.82) is 0 Å². The van der Waals surface area contributed by atoms with Gasteiger partial charge in [-0.2, -0.15) is 0 Å². The number of nitro benzene ring substituents is 1. The Kier molecular flexibility index (Phi) is 5.08. The zero-order chi connectivity index (χ0) is 19.5. The first-order chi connectivity index (χ1) is 13.6. The van der Waals surface area contributed by atoms with Crippen LogP contribution in [-0.2, 0) is 6.54 Å². The molecule has 4 rings (SSSR count). The third-order valence-electron chi connectivity index (χ3n) is 4.97. The van der Waals surface area contributed by atoms with Gasteiger partial charge in [-0.15, -0.1) is 0 Å². The molecule has 2 heterocycles. The number of hydrogen-bond donors (Lipinski definition) is 0. The Morgan fingerprint density at radius 3 is 2.43 bits per heavy atom. The Hall–Kier alpha value is -3.19. The second-order valence-corrected chi connectivity index (χ2v) is 6.75. The summed E-state index contributed by atoms with van der Waals surface area (Å²) < 4.78 is 19.8. The van der Waals surface area contributed by atoms with Crippen LogP contribution in [0.15, 0.2) is 65.1 Å². The van der Waals surface area contributed by atoms with Crippen molar-refractivity contribution in [3.8, 4) is 11.3 Å². The van der Waals surface area contributed by atoms with Crippen LogP contribution in [-0.4, -0.2) is 36.0 Å². The number of anilines is 1. The van der Waals surface area contributed by atoms with Gasteiger partial charge in [0.15, 0.2) is 0 Å². The van der Waals surface area contributed by atoms with Gasteiger partial charge in [0.2, 0.25) is 0 Å². The second kappa shape index (κ2) is 7.82. The molecule has 1 fully saturated rings. The number of nitro groups is 1. The number of para-hydroxylation sites is 2. The van der Waals surface area contributed by atoms with E-state index in [9.17, 15) is 14.5 Å². The van der Waals surface area contributed by atoms with E-state index in [4.69, 9.17) is 4.42 Å². The Morgan fingerprint density at radius 1 is 0.964 bits per heavy atom. The first kappa shape index (κ1) is 18.2. The van der Waals surface area contributed by atoms with Crippen molar-refractivity contribution in [2.45, 2.75) is 6.54 Å². The molecule has 1 saturated heterocycles. The predicted molar refractivity (Wildman–Crippen MR) is 105 cm³/mol. The summed E-state index contributed by atoms with van der Waals surface area (Å²) in [7, 11) is 0. The quantitative estimate of drug-likeness (QED) is 0.487. The minimum absolute atomic E-state index is 0.0295. The van der Waals surface area contributed by atoms with Crippen LogP contribution in [0.1, 0.15) is 5.76 Å². The van der Waals surface area contributed by atoms with Gasteiger partial charge in [0.1, 0.15) is 17.3 Å². The number of rotatable bonds is 5. The fourth-order valence-corrected chi connectivity index (χ4v) is 3.52. The summed E-state index contributed by atoms with van der Waals surface area (Å²) in [4.78, 5) is 15.1. The monoisotopic (exact) mass is 381 g/mol. The van der Waals surface area contributed by atoms with Crippen LogP contribution in [0.4, 0.5) is 15.8 Å². The lowest BCUT2D eigenvalue weighted by atomic mass is 10.1. The van der Waals surface area contributed by atoms with Crippen LogP contribution >= 0.6 is 0 Å². The van der Waals surface area contributed by atoms with Gasteiger partial charge in [-0.25, -0.2) is 4.39 Å². The van der Waals surface area contributed by atoms with E-state index in [2.05, 4.69) is 4.90 Å². The van der Waals surface area contributed by atoms with Gasteiger partial charge in [-0.3, -0.25) is 15.0 Å². The van der Waals surface area contributed by atoms with Crippen LogP contribution in [0.2, 0.25) is 0 Å². The molecule has 0 N–H and O–H groups in total. The molecule has 1 aliphatic heterocycles. The first-order valence-corrected chi connectivity index (χ1v) is 9.16. The third kappa shape index (κ3) is 3.75. The standard InChI is InChI=1S/C21H20FN3O3/c22-18-6-2-4-8-20(18)24-13-11-23(12-14-24)15-16-9-10-21(28-16)17-5-1-3-7-19(17)25(26)27/h1-10H,11-15H2. The van der Waals surface area contributed by atoms with Crippen molar-refractivity contribution in [2.75, 3.05) is 31.1 Å². The summed E-state index contributed by atoms with van der Waals surface area (Å²) in [5, 5.41) is 11.2. The lowest BCUT2D eigenvalue weighted by Crippen LogP contribution is -2.46. The van der Waals surface area contributed by atoms with Crippen molar-refractivity contribution in [1.82, 2.24) is 4.90 Å². The highest BCUT2D eigenvalue weighted by molar-refractivity contribution is 5.69. The molecule has 1 aliphatic rings. The zero-order valence-electron chi connectivity index (χ0n) is 15.3. The summed E-state index contributed by atoms with van der Waals surface area (Å²) in [6, 6.07) is 17.0. The molecule has 0 unspecified atom stereocenters. The summed E-state index contributed by atoms with van der Waals surface area (Å²) in [5.74, 6) is 1.05. The molecule has 0 radical (unpaired) electrons. The minimum Gasteiger partial charge on any atom is -0.459 e. The van der Waals surface area contributed by atoms with Crippen molar-refractivity contribution >= 4 is 11.4 Å². The van der Waals surface area contributed by atoms with Crippen LogP contribution in [0.3, 0.4) is 0 Å². The zero-order valence-corrected chi connectivity index (χ0v) is 15.3. The smallest absolute Gasteiger partial charge is 0.280 e. The van der Waals surface area contributed by atoms with Crippen LogP contribution in [0.25, 0.3) is 11.3 Å². The minimum atomic E-state index is -0.403. The molecular weight excluding hydrogens is 361 g/mol. The van der Waals surface area contributed by atoms with Crippen LogP contribution in [0.5, 0.6) is 0 Å². The van der Waals surface area contributed by atoms with Gasteiger partial charge in [0, 0.05) is 32.2 Å². The van der Waals surface area contributed by atoms with Crippen molar-refractivity contribution < 1.29 is 13.7 Å². The molecule has 28 heavy (non-hydrogen) atoms. The molecular formula is C21H20FN3O3. The highest BCUT2D eigenvalue weighted by Gasteiger charge is 2.21. The lowest BCUT2D eigenvalue weighted by molar-refractivity contribution is -0.384. The van der Waals surface area contributed by atoms with E-state index in [1.165, 1.54) is 12.1 Å². The molecule has 1 aromatic heterocycles. The Labute approximate surface area is 161 Å². The van der Waals surface area contributed by atoms with Crippen molar-refractivity contribution in [2.24, 2.45) is 0 Å². The number of halogens is 1. The van der Waals surface area contributed by atoms with Gasteiger partial charge in [-0.05, 0) is 30.3 Å². The average Bonchev–Trinajstić information content (AvgIpc) is 3.17. The molecule has 7 heteroatoms. The van der Waals surface area contributed by atoms with Gasteiger partial charge in [0.05, 0.1) is 22.7 Å². The largest absolute Gasteiger partial charge is 0.459 e. The predicted octanol–water partition coefficient (Wildman–Crippen LogP) is 4.32. The normalized spacial score (nSPS) is 15.0. The van der Waals surface area contributed by atoms with Crippen molar-refractivity contribution in [3.63, 3.8) is 0 Å². The number of piperazine rings is 1. The number of hydrogen-bond acceptors (Lipinski definition) is 5. The summed E-state index contributed by atoms with van der Waals surface area (Å²) >= 11 is 0. The van der Waals surface area contributed by atoms with E-state index >= 15 is 0 Å². The fraction of sp³-hybridized carbons (Fsp3) is 0.238. The highest BCUT2D eigenvalue weighted by atomic mass is 19.1. The van der Waals surface area contributed by atoms with Gasteiger partial charge in [-0.1, -0.05) is 24.3 Å². The SMILES string of the molecule is O=[N+]([O-])c1ccccc1-c1ccc(CN2CCN(c3ccccc3F)CC2)o1. The maximum absolute atomic E-state index is 14.0. The molecule has 6 nitrogen and oxygen atoms in total. The number of furan rings is 1. The van der Waals surface area contributed by atoms with E-state index in [0.29, 0.717) is 23.6 Å². The van der Waals surface area contributed by atoms with Crippen molar-refractivity contribution in [3.05, 3.63) is 82.4 Å². The second-order valence-electron chi connectivity index (χ2n) is 6.75. The number of nitrogens with zero attached hydrogens (tertiary/aromatic N) is 3. The van der Waals surface area contributed by atoms with E-state index in [1.54, 1.807) is 36.4 Å². The van der Waals surface area contributed by atoms with Crippen LogP contribution in [0, 0.1) is 15.9 Å². The Bertz CT molecular complexity index is 980. The first-order valence-electron chi connectivity index (χ1n) is 9.16. The van der Waals surface area contributed by atoms with Crippen LogP contribution < -0.4 is 4.90 Å². The topological polar surface area (TPSA) is 62.8 Å². The summed E-state index contributed by atoms with van der Waals surface area (Å²) in [5.41, 5.74) is 1.14. The molecule has 0 spiro atoms. The molecule has 144 valence electrons.